The van der Waals surface area contributed by atoms with Gasteiger partial charge in [0.05, 0.1) is 17.7 Å². The minimum Gasteiger partial charge on any atom is -0.334 e. The van der Waals surface area contributed by atoms with Crippen molar-refractivity contribution < 1.29 is 9.59 Å². The van der Waals surface area contributed by atoms with E-state index < -0.39 is 0 Å². The summed E-state index contributed by atoms with van der Waals surface area (Å²) in [5.41, 5.74) is 1.19. The maximum atomic E-state index is 12.5. The normalized spacial score (nSPS) is 22.6. The molecule has 2 amide bonds. The number of thioether (sulfide) groups is 1. The van der Waals surface area contributed by atoms with E-state index in [0.29, 0.717) is 11.6 Å². The van der Waals surface area contributed by atoms with Crippen LogP contribution in [0.15, 0.2) is 30.3 Å². The van der Waals surface area contributed by atoms with Crippen LogP contribution in [-0.2, 0) is 9.59 Å². The van der Waals surface area contributed by atoms with Crippen molar-refractivity contribution in [3.05, 3.63) is 35.9 Å². The molecule has 20 heavy (non-hydrogen) atoms. The van der Waals surface area contributed by atoms with E-state index in [-0.39, 0.29) is 24.4 Å². The number of rotatable bonds is 3. The van der Waals surface area contributed by atoms with Crippen LogP contribution in [0, 0.1) is 0 Å². The van der Waals surface area contributed by atoms with E-state index in [1.54, 1.807) is 16.7 Å². The van der Waals surface area contributed by atoms with Gasteiger partial charge in [0, 0.05) is 6.54 Å². The standard InChI is InChI=1S/C15H18N2O2S/c18-14(9-16-11-20-10-15(16)19)17-8-4-7-13(17)12-5-2-1-3-6-12/h1-3,5-6,13H,4,7-11H2. The van der Waals surface area contributed by atoms with Crippen molar-refractivity contribution >= 4 is 23.6 Å². The van der Waals surface area contributed by atoms with Gasteiger partial charge < -0.3 is 9.80 Å². The van der Waals surface area contributed by atoms with E-state index >= 15 is 0 Å². The Morgan fingerprint density at radius 2 is 2.10 bits per heavy atom. The molecule has 0 bridgehead atoms. The first-order valence-electron chi connectivity index (χ1n) is 6.95. The third-order valence-electron chi connectivity index (χ3n) is 3.91. The zero-order chi connectivity index (χ0) is 13.9. The molecule has 1 unspecified atom stereocenters. The Morgan fingerprint density at radius 3 is 2.80 bits per heavy atom. The second-order valence-electron chi connectivity index (χ2n) is 5.23. The van der Waals surface area contributed by atoms with Gasteiger partial charge in [-0.1, -0.05) is 30.3 Å². The summed E-state index contributed by atoms with van der Waals surface area (Å²) in [6.45, 7) is 1.03. The van der Waals surface area contributed by atoms with E-state index in [9.17, 15) is 9.59 Å². The Labute approximate surface area is 123 Å². The second kappa shape index (κ2) is 5.87. The molecule has 3 rings (SSSR count). The summed E-state index contributed by atoms with van der Waals surface area (Å²) in [5.74, 6) is 1.31. The van der Waals surface area contributed by atoms with Crippen LogP contribution in [0.25, 0.3) is 0 Å². The summed E-state index contributed by atoms with van der Waals surface area (Å²) in [6.07, 6.45) is 2.05. The molecular weight excluding hydrogens is 272 g/mol. The van der Waals surface area contributed by atoms with E-state index in [1.807, 2.05) is 23.1 Å². The lowest BCUT2D eigenvalue weighted by molar-refractivity contribution is -0.138. The van der Waals surface area contributed by atoms with Gasteiger partial charge in [-0.15, -0.1) is 11.8 Å². The van der Waals surface area contributed by atoms with Crippen LogP contribution >= 0.6 is 11.8 Å². The van der Waals surface area contributed by atoms with Gasteiger partial charge in [0.25, 0.3) is 0 Å². The smallest absolute Gasteiger partial charge is 0.242 e. The highest BCUT2D eigenvalue weighted by molar-refractivity contribution is 8.00. The first-order chi connectivity index (χ1) is 9.75. The molecule has 2 aliphatic rings. The summed E-state index contributed by atoms with van der Waals surface area (Å²) in [5, 5.41) is 0. The lowest BCUT2D eigenvalue weighted by atomic mass is 10.0. The van der Waals surface area contributed by atoms with E-state index in [2.05, 4.69) is 12.1 Å². The highest BCUT2D eigenvalue weighted by Crippen LogP contribution is 2.32. The molecular formula is C15H18N2O2S. The van der Waals surface area contributed by atoms with Gasteiger partial charge in [-0.05, 0) is 18.4 Å². The van der Waals surface area contributed by atoms with Crippen LogP contribution in [0.4, 0.5) is 0 Å². The van der Waals surface area contributed by atoms with Gasteiger partial charge in [-0.2, -0.15) is 0 Å². The molecule has 1 aromatic carbocycles. The largest absolute Gasteiger partial charge is 0.334 e. The maximum Gasteiger partial charge on any atom is 0.242 e. The fraction of sp³-hybridized carbons (Fsp3) is 0.467. The van der Waals surface area contributed by atoms with Crippen LogP contribution in [0.5, 0.6) is 0 Å². The van der Waals surface area contributed by atoms with Gasteiger partial charge in [-0.25, -0.2) is 0 Å². The Balaban J connectivity index is 1.69. The summed E-state index contributed by atoms with van der Waals surface area (Å²) >= 11 is 1.58. The lowest BCUT2D eigenvalue weighted by Crippen LogP contribution is -2.40. The SMILES string of the molecule is O=C1CSCN1CC(=O)N1CCCC1c1ccccc1. The predicted octanol–water partition coefficient (Wildman–Crippen LogP) is 1.88. The number of carbonyl (C=O) groups is 2. The van der Waals surface area contributed by atoms with Crippen LogP contribution in [0.1, 0.15) is 24.4 Å². The molecule has 0 saturated carbocycles. The molecule has 2 heterocycles. The maximum absolute atomic E-state index is 12.5. The Hall–Kier alpha value is -1.49. The number of hydrogen-bond acceptors (Lipinski definition) is 3. The van der Waals surface area contributed by atoms with Crippen molar-refractivity contribution in [2.24, 2.45) is 0 Å². The van der Waals surface area contributed by atoms with Gasteiger partial charge in [0.2, 0.25) is 11.8 Å². The van der Waals surface area contributed by atoms with E-state index in [1.165, 1.54) is 5.56 Å². The molecule has 2 fully saturated rings. The van der Waals surface area contributed by atoms with Crippen molar-refractivity contribution in [2.75, 3.05) is 24.7 Å². The number of likely N-dealkylation sites (tertiary alicyclic amines) is 1. The molecule has 0 aromatic heterocycles. The molecule has 1 atom stereocenters. The fourth-order valence-electron chi connectivity index (χ4n) is 2.88. The molecule has 2 aliphatic heterocycles. The minimum atomic E-state index is 0.0761. The molecule has 4 nitrogen and oxygen atoms in total. The van der Waals surface area contributed by atoms with E-state index in [0.717, 1.165) is 19.4 Å². The Bertz CT molecular complexity index is 506. The second-order valence-corrected chi connectivity index (χ2v) is 6.18. The number of nitrogens with zero attached hydrogens (tertiary/aromatic N) is 2. The molecule has 0 radical (unpaired) electrons. The van der Waals surface area contributed by atoms with E-state index in [4.69, 9.17) is 0 Å². The monoisotopic (exact) mass is 290 g/mol. The molecule has 106 valence electrons. The average molecular weight is 290 g/mol. The summed E-state index contributed by atoms with van der Waals surface area (Å²) in [7, 11) is 0. The summed E-state index contributed by atoms with van der Waals surface area (Å²) in [6, 6.07) is 10.3. The van der Waals surface area contributed by atoms with Crippen LogP contribution in [-0.4, -0.2) is 46.3 Å². The van der Waals surface area contributed by atoms with Crippen molar-refractivity contribution in [3.8, 4) is 0 Å². The van der Waals surface area contributed by atoms with Crippen molar-refractivity contribution in [2.45, 2.75) is 18.9 Å². The van der Waals surface area contributed by atoms with Gasteiger partial charge >= 0.3 is 0 Å². The highest BCUT2D eigenvalue weighted by Gasteiger charge is 2.32. The zero-order valence-electron chi connectivity index (χ0n) is 11.3. The number of benzene rings is 1. The van der Waals surface area contributed by atoms with Crippen molar-refractivity contribution in [1.82, 2.24) is 9.80 Å². The number of carbonyl (C=O) groups excluding carboxylic acids is 2. The predicted molar refractivity (Wildman–Crippen MR) is 79.2 cm³/mol. The Morgan fingerprint density at radius 1 is 1.30 bits per heavy atom. The Kier molecular flexibility index (Phi) is 3.96. The summed E-state index contributed by atoms with van der Waals surface area (Å²) in [4.78, 5) is 27.7. The third kappa shape index (κ3) is 2.68. The van der Waals surface area contributed by atoms with Gasteiger partial charge in [0.15, 0.2) is 0 Å². The van der Waals surface area contributed by atoms with Gasteiger partial charge in [-0.3, -0.25) is 9.59 Å². The molecule has 0 N–H and O–H groups in total. The molecule has 1 aromatic rings. The first-order valence-corrected chi connectivity index (χ1v) is 8.11. The number of hydrogen-bond donors (Lipinski definition) is 0. The van der Waals surface area contributed by atoms with Crippen molar-refractivity contribution in [3.63, 3.8) is 0 Å². The van der Waals surface area contributed by atoms with Gasteiger partial charge in [0.1, 0.15) is 6.54 Å². The van der Waals surface area contributed by atoms with Crippen LogP contribution in [0.2, 0.25) is 0 Å². The molecule has 0 spiro atoms. The first kappa shape index (κ1) is 13.5. The quantitative estimate of drug-likeness (QED) is 0.853. The summed E-state index contributed by atoms with van der Waals surface area (Å²) < 4.78 is 0. The fourth-order valence-corrected chi connectivity index (χ4v) is 3.79. The topological polar surface area (TPSA) is 40.6 Å². The number of amides is 2. The zero-order valence-corrected chi connectivity index (χ0v) is 12.1. The third-order valence-corrected chi connectivity index (χ3v) is 4.85. The molecule has 5 heteroatoms. The minimum absolute atomic E-state index is 0.0761. The molecule has 2 saturated heterocycles. The van der Waals surface area contributed by atoms with Crippen LogP contribution in [0.3, 0.4) is 0 Å². The highest BCUT2D eigenvalue weighted by atomic mass is 32.2. The van der Waals surface area contributed by atoms with Crippen molar-refractivity contribution in [1.29, 1.82) is 0 Å². The lowest BCUT2D eigenvalue weighted by Gasteiger charge is -2.27. The average Bonchev–Trinajstić information content (AvgIpc) is 3.09. The van der Waals surface area contributed by atoms with Crippen LogP contribution < -0.4 is 0 Å². The molecule has 0 aliphatic carbocycles.